The number of hydrogen-bond donors (Lipinski definition) is 4. The van der Waals surface area contributed by atoms with Crippen LogP contribution in [0.4, 0.5) is 4.79 Å². The summed E-state index contributed by atoms with van der Waals surface area (Å²) in [6.45, 7) is 19.3. The Morgan fingerprint density at radius 3 is 2.00 bits per heavy atom. The number of primary amides is 1. The Bertz CT molecular complexity index is 1200. The Balaban J connectivity index is 1.84. The van der Waals surface area contributed by atoms with Crippen LogP contribution >= 0.6 is 0 Å². The van der Waals surface area contributed by atoms with E-state index in [0.29, 0.717) is 19.5 Å². The zero-order chi connectivity index (χ0) is 33.5. The maximum Gasteiger partial charge on any atom is 0.316 e. The summed E-state index contributed by atoms with van der Waals surface area (Å²) in [6, 6.07) is -4.52. The maximum atomic E-state index is 14.2. The summed E-state index contributed by atoms with van der Waals surface area (Å²) in [6.07, 6.45) is 3.75. The molecule has 1 aliphatic heterocycles. The number of piperidine rings is 1. The SMILES string of the molecule is C=CCN(C)C(=O)[C@@H](NC(=O)N[C@H](C(=O)N1C[C@H]2[C@@H]([C@H]1C(=O)NC(CC1CC1)C(=O)C(N)=O)C2(C)C)C(C)(C)C)C(C)(C)C. The van der Waals surface area contributed by atoms with Gasteiger partial charge in [-0.3, -0.25) is 24.0 Å². The average Bonchev–Trinajstić information content (AvgIpc) is 3.75. The molecule has 0 bridgehead atoms. The number of fused-ring (bicyclic) bond motifs is 1. The number of likely N-dealkylation sites (N-methyl/N-ethyl adjacent to an activating group) is 1. The van der Waals surface area contributed by atoms with E-state index in [4.69, 9.17) is 5.73 Å². The number of likely N-dealkylation sites (tertiary alicyclic amines) is 1. The van der Waals surface area contributed by atoms with Crippen molar-refractivity contribution in [2.24, 2.45) is 39.7 Å². The molecule has 2 saturated carbocycles. The van der Waals surface area contributed by atoms with E-state index in [9.17, 15) is 28.8 Å². The monoisotopic (exact) mass is 616 g/mol. The van der Waals surface area contributed by atoms with E-state index in [1.165, 1.54) is 9.80 Å². The van der Waals surface area contributed by atoms with Crippen LogP contribution < -0.4 is 21.7 Å². The molecule has 0 aromatic heterocycles. The summed E-state index contributed by atoms with van der Waals surface area (Å²) >= 11 is 0. The lowest BCUT2D eigenvalue weighted by Gasteiger charge is -2.38. The molecule has 0 aromatic rings. The molecule has 6 amide bonds. The van der Waals surface area contributed by atoms with Gasteiger partial charge in [-0.2, -0.15) is 0 Å². The van der Waals surface area contributed by atoms with Gasteiger partial charge in [0, 0.05) is 20.1 Å². The summed E-state index contributed by atoms with van der Waals surface area (Å²) in [5, 5.41) is 8.33. The molecule has 5 N–H and O–H groups in total. The van der Waals surface area contributed by atoms with Gasteiger partial charge in [0.2, 0.25) is 23.5 Å². The molecule has 12 heteroatoms. The van der Waals surface area contributed by atoms with E-state index >= 15 is 0 Å². The topological polar surface area (TPSA) is 171 Å². The molecule has 0 aromatic carbocycles. The molecule has 0 spiro atoms. The van der Waals surface area contributed by atoms with Crippen LogP contribution in [0.25, 0.3) is 0 Å². The molecule has 12 nitrogen and oxygen atoms in total. The molecule has 3 aliphatic rings. The zero-order valence-electron chi connectivity index (χ0n) is 27.8. The van der Waals surface area contributed by atoms with Crippen molar-refractivity contribution in [3.05, 3.63) is 12.7 Å². The van der Waals surface area contributed by atoms with E-state index < -0.39 is 64.5 Å². The van der Waals surface area contributed by atoms with Gasteiger partial charge >= 0.3 is 6.03 Å². The van der Waals surface area contributed by atoms with Crippen molar-refractivity contribution < 1.29 is 28.8 Å². The normalized spacial score (nSPS) is 24.2. The number of nitrogens with one attached hydrogen (secondary N) is 3. The highest BCUT2D eigenvalue weighted by Gasteiger charge is 2.70. The van der Waals surface area contributed by atoms with Gasteiger partial charge in [-0.05, 0) is 40.4 Å². The first kappa shape index (κ1) is 35.0. The Morgan fingerprint density at radius 1 is 0.977 bits per heavy atom. The Morgan fingerprint density at radius 2 is 1.52 bits per heavy atom. The average molecular weight is 617 g/mol. The second kappa shape index (κ2) is 12.5. The van der Waals surface area contributed by atoms with Crippen LogP contribution in [0, 0.1) is 34.0 Å². The van der Waals surface area contributed by atoms with Crippen LogP contribution in [-0.4, -0.2) is 89.5 Å². The molecule has 3 rings (SSSR count). The van der Waals surface area contributed by atoms with Gasteiger partial charge in [-0.15, -0.1) is 6.58 Å². The number of amides is 6. The van der Waals surface area contributed by atoms with Crippen LogP contribution in [0.1, 0.15) is 74.7 Å². The number of nitrogens with two attached hydrogens (primary N) is 1. The number of rotatable bonds is 12. The highest BCUT2D eigenvalue weighted by Crippen LogP contribution is 2.65. The first-order valence-electron chi connectivity index (χ1n) is 15.5. The molecule has 0 radical (unpaired) electrons. The molecule has 2 aliphatic carbocycles. The van der Waals surface area contributed by atoms with E-state index in [2.05, 4.69) is 22.5 Å². The molecule has 1 unspecified atom stereocenters. The summed E-state index contributed by atoms with van der Waals surface area (Å²) in [4.78, 5) is 81.9. The van der Waals surface area contributed by atoms with Crippen molar-refractivity contribution in [3.63, 3.8) is 0 Å². The molecule has 6 atom stereocenters. The summed E-state index contributed by atoms with van der Waals surface area (Å²) < 4.78 is 0. The fourth-order valence-electron chi connectivity index (χ4n) is 6.43. The van der Waals surface area contributed by atoms with Crippen LogP contribution in [0.15, 0.2) is 12.7 Å². The molecule has 246 valence electrons. The third-order valence-electron chi connectivity index (χ3n) is 9.46. The van der Waals surface area contributed by atoms with Crippen molar-refractivity contribution in [2.75, 3.05) is 20.1 Å². The molecule has 1 heterocycles. The summed E-state index contributed by atoms with van der Waals surface area (Å²) in [5.41, 5.74) is 3.70. The molecular weight excluding hydrogens is 564 g/mol. The van der Waals surface area contributed by atoms with Crippen molar-refractivity contribution in [1.82, 2.24) is 25.8 Å². The smallest absolute Gasteiger partial charge is 0.316 e. The number of carbonyl (C=O) groups excluding carboxylic acids is 6. The molecular formula is C32H52N6O6. The van der Waals surface area contributed by atoms with Gasteiger partial charge < -0.3 is 31.5 Å². The first-order valence-corrected chi connectivity index (χ1v) is 15.5. The predicted octanol–water partition coefficient (Wildman–Crippen LogP) is 1.58. The highest BCUT2D eigenvalue weighted by atomic mass is 16.2. The quantitative estimate of drug-likeness (QED) is 0.192. The number of urea groups is 1. The fraction of sp³-hybridized carbons (Fsp3) is 0.750. The fourth-order valence-corrected chi connectivity index (χ4v) is 6.43. The minimum atomic E-state index is -1.11. The molecule has 44 heavy (non-hydrogen) atoms. The number of carbonyl (C=O) groups is 6. The lowest BCUT2D eigenvalue weighted by molar-refractivity contribution is -0.145. The zero-order valence-corrected chi connectivity index (χ0v) is 27.8. The summed E-state index contributed by atoms with van der Waals surface area (Å²) in [5.74, 6) is -3.02. The first-order chi connectivity index (χ1) is 20.1. The van der Waals surface area contributed by atoms with Crippen molar-refractivity contribution in [2.45, 2.75) is 98.8 Å². The van der Waals surface area contributed by atoms with Crippen LogP contribution in [-0.2, 0) is 24.0 Å². The van der Waals surface area contributed by atoms with Gasteiger partial charge in [0.25, 0.3) is 5.91 Å². The second-order valence-electron chi connectivity index (χ2n) is 15.6. The highest BCUT2D eigenvalue weighted by molar-refractivity contribution is 6.37. The Hall–Kier alpha value is -3.44. The third kappa shape index (κ3) is 7.61. The lowest BCUT2D eigenvalue weighted by atomic mass is 9.84. The van der Waals surface area contributed by atoms with Gasteiger partial charge in [0.15, 0.2) is 0 Å². The predicted molar refractivity (Wildman–Crippen MR) is 166 cm³/mol. The number of Topliss-reactive ketones (excluding diaryl/α,β-unsaturated/α-hetero) is 1. The summed E-state index contributed by atoms with van der Waals surface area (Å²) in [7, 11) is 1.63. The largest absolute Gasteiger partial charge is 0.363 e. The van der Waals surface area contributed by atoms with Gasteiger partial charge in [0.05, 0.1) is 6.04 Å². The van der Waals surface area contributed by atoms with Gasteiger partial charge in [0.1, 0.15) is 18.1 Å². The van der Waals surface area contributed by atoms with Crippen molar-refractivity contribution in [1.29, 1.82) is 0 Å². The minimum Gasteiger partial charge on any atom is -0.363 e. The minimum absolute atomic E-state index is 0.0636. The van der Waals surface area contributed by atoms with Gasteiger partial charge in [-0.25, -0.2) is 4.79 Å². The van der Waals surface area contributed by atoms with Crippen molar-refractivity contribution in [3.8, 4) is 0 Å². The Labute approximate surface area is 261 Å². The third-order valence-corrected chi connectivity index (χ3v) is 9.46. The number of hydrogen-bond acceptors (Lipinski definition) is 6. The molecule has 1 saturated heterocycles. The molecule has 3 fully saturated rings. The van der Waals surface area contributed by atoms with Crippen molar-refractivity contribution >= 4 is 35.4 Å². The lowest BCUT2D eigenvalue weighted by Crippen LogP contribution is -2.63. The van der Waals surface area contributed by atoms with E-state index in [1.807, 2.05) is 55.4 Å². The van der Waals surface area contributed by atoms with Gasteiger partial charge in [-0.1, -0.05) is 74.3 Å². The van der Waals surface area contributed by atoms with E-state index in [1.54, 1.807) is 13.1 Å². The standard InChI is InChI=1S/C32H52N6O6/c1-11-14-37(10)27(42)23(30(2,3)4)35-29(44)36-24(31(5,6)7)28(43)38-16-18-20(32(18,8)9)21(38)26(41)34-19(15-17-12-13-17)22(39)25(33)40/h11,17-21,23-24H,1,12-16H2,2-10H3,(H2,33,40)(H,34,41)(H2,35,36,44)/t18-,19?,20-,21-,23+,24+/m0/s1. The van der Waals surface area contributed by atoms with E-state index in [-0.39, 0.29) is 29.1 Å². The number of nitrogens with zero attached hydrogens (tertiary/aromatic N) is 2. The Kier molecular flexibility index (Phi) is 9.97. The van der Waals surface area contributed by atoms with Crippen LogP contribution in [0.3, 0.4) is 0 Å². The van der Waals surface area contributed by atoms with E-state index in [0.717, 1.165) is 12.8 Å². The maximum absolute atomic E-state index is 14.2. The van der Waals surface area contributed by atoms with Crippen LogP contribution in [0.2, 0.25) is 0 Å². The second-order valence-corrected chi connectivity index (χ2v) is 15.6. The number of ketones is 1. The van der Waals surface area contributed by atoms with Crippen LogP contribution in [0.5, 0.6) is 0 Å².